The summed E-state index contributed by atoms with van der Waals surface area (Å²) in [6, 6.07) is 3.16. The van der Waals surface area contributed by atoms with Gasteiger partial charge < -0.3 is 10.3 Å². The van der Waals surface area contributed by atoms with E-state index in [0.717, 1.165) is 12.1 Å². The van der Waals surface area contributed by atoms with Crippen LogP contribution in [0.4, 0.5) is 14.7 Å². The van der Waals surface area contributed by atoms with Crippen LogP contribution < -0.4 is 5.73 Å². The first kappa shape index (κ1) is 9.92. The Kier molecular flexibility index (Phi) is 2.32. The van der Waals surface area contributed by atoms with Crippen molar-refractivity contribution in [2.24, 2.45) is 0 Å². The smallest absolute Gasteiger partial charge is 0.222 e. The maximum atomic E-state index is 13.4. The molecule has 0 bridgehead atoms. The molecule has 0 fully saturated rings. The molecule has 0 spiro atoms. The Labute approximate surface area is 88.4 Å². The summed E-state index contributed by atoms with van der Waals surface area (Å²) in [5.41, 5.74) is 5.17. The molecule has 3 nitrogen and oxygen atoms in total. The summed E-state index contributed by atoms with van der Waals surface area (Å²) in [7, 11) is 0. The van der Waals surface area contributed by atoms with Crippen molar-refractivity contribution in [1.29, 1.82) is 0 Å². The first-order chi connectivity index (χ1) is 7.09. The summed E-state index contributed by atoms with van der Waals surface area (Å²) < 4.78 is 31.0. The van der Waals surface area contributed by atoms with Gasteiger partial charge in [-0.2, -0.15) is 0 Å². The Bertz CT molecular complexity index is 513. The molecular weight excluding hydrogens is 226 g/mol. The highest BCUT2D eigenvalue weighted by molar-refractivity contribution is 6.33. The lowest BCUT2D eigenvalue weighted by Gasteiger charge is -2.02. The van der Waals surface area contributed by atoms with E-state index >= 15 is 0 Å². The van der Waals surface area contributed by atoms with Crippen LogP contribution >= 0.6 is 11.6 Å². The molecule has 6 heteroatoms. The highest BCUT2D eigenvalue weighted by Gasteiger charge is 2.17. The standard InChI is InChI=1S/C9H5ClF2N2O/c10-9-5(12)2-1-4(11)8(9)6-3-7(13)15-14-6/h1-3H,13H2. The topological polar surface area (TPSA) is 52.0 Å². The van der Waals surface area contributed by atoms with Gasteiger partial charge in [0.1, 0.15) is 17.3 Å². The Morgan fingerprint density at radius 3 is 2.53 bits per heavy atom. The summed E-state index contributed by atoms with van der Waals surface area (Å²) in [5.74, 6) is -1.41. The fourth-order valence-corrected chi connectivity index (χ4v) is 1.42. The van der Waals surface area contributed by atoms with Crippen molar-refractivity contribution >= 4 is 17.5 Å². The third kappa shape index (κ3) is 1.66. The van der Waals surface area contributed by atoms with Crippen LogP contribution in [0.3, 0.4) is 0 Å². The van der Waals surface area contributed by atoms with E-state index in [1.54, 1.807) is 0 Å². The van der Waals surface area contributed by atoms with E-state index in [2.05, 4.69) is 9.68 Å². The van der Waals surface area contributed by atoms with Crippen molar-refractivity contribution in [2.75, 3.05) is 5.73 Å². The first-order valence-corrected chi connectivity index (χ1v) is 4.33. The SMILES string of the molecule is Nc1cc(-c2c(F)ccc(F)c2Cl)no1. The molecule has 2 rings (SSSR count). The molecule has 0 saturated heterocycles. The third-order valence-electron chi connectivity index (χ3n) is 1.83. The maximum absolute atomic E-state index is 13.4. The molecule has 2 aromatic rings. The zero-order chi connectivity index (χ0) is 11.0. The van der Waals surface area contributed by atoms with Gasteiger partial charge >= 0.3 is 0 Å². The number of benzene rings is 1. The Morgan fingerprint density at radius 2 is 1.93 bits per heavy atom. The predicted molar refractivity (Wildman–Crippen MR) is 51.3 cm³/mol. The molecule has 1 heterocycles. The molecular formula is C9H5ClF2N2O. The molecule has 0 aliphatic heterocycles. The summed E-state index contributed by atoms with van der Waals surface area (Å²) in [6.45, 7) is 0. The van der Waals surface area contributed by atoms with Crippen LogP contribution in [0.25, 0.3) is 11.3 Å². The lowest BCUT2D eigenvalue weighted by atomic mass is 10.1. The van der Waals surface area contributed by atoms with Crippen molar-refractivity contribution in [2.45, 2.75) is 0 Å². The van der Waals surface area contributed by atoms with Gasteiger partial charge in [0.05, 0.1) is 10.6 Å². The van der Waals surface area contributed by atoms with Crippen molar-refractivity contribution in [3.63, 3.8) is 0 Å². The summed E-state index contributed by atoms with van der Waals surface area (Å²) >= 11 is 5.60. The number of hydrogen-bond donors (Lipinski definition) is 1. The number of rotatable bonds is 1. The number of halogens is 3. The molecule has 0 aliphatic rings. The van der Waals surface area contributed by atoms with Crippen LogP contribution in [0.5, 0.6) is 0 Å². The average molecular weight is 231 g/mol. The molecule has 2 N–H and O–H groups in total. The average Bonchev–Trinajstić information content (AvgIpc) is 2.59. The van der Waals surface area contributed by atoms with E-state index in [4.69, 9.17) is 17.3 Å². The minimum absolute atomic E-state index is 0.00438. The lowest BCUT2D eigenvalue weighted by Crippen LogP contribution is -1.89. The van der Waals surface area contributed by atoms with Crippen molar-refractivity contribution in [3.05, 3.63) is 34.9 Å². The van der Waals surface area contributed by atoms with E-state index in [1.165, 1.54) is 6.07 Å². The fourth-order valence-electron chi connectivity index (χ4n) is 1.17. The van der Waals surface area contributed by atoms with Crippen LogP contribution in [0.2, 0.25) is 5.02 Å². The second-order valence-electron chi connectivity index (χ2n) is 2.83. The van der Waals surface area contributed by atoms with Crippen LogP contribution in [0.15, 0.2) is 22.7 Å². The molecule has 0 amide bonds. The van der Waals surface area contributed by atoms with Crippen molar-refractivity contribution in [1.82, 2.24) is 5.16 Å². The Hall–Kier alpha value is -1.62. The molecule has 0 saturated carbocycles. The number of hydrogen-bond acceptors (Lipinski definition) is 3. The highest BCUT2D eigenvalue weighted by Crippen LogP contribution is 2.32. The van der Waals surface area contributed by atoms with Gasteiger partial charge in [0.2, 0.25) is 5.88 Å². The predicted octanol–water partition coefficient (Wildman–Crippen LogP) is 2.86. The van der Waals surface area contributed by atoms with Gasteiger partial charge in [0.15, 0.2) is 0 Å². The Morgan fingerprint density at radius 1 is 1.27 bits per heavy atom. The molecule has 1 aromatic heterocycles. The number of nitrogens with two attached hydrogens (primary N) is 1. The third-order valence-corrected chi connectivity index (χ3v) is 2.20. The normalized spacial score (nSPS) is 10.6. The van der Waals surface area contributed by atoms with E-state index in [9.17, 15) is 8.78 Å². The zero-order valence-electron chi connectivity index (χ0n) is 7.30. The van der Waals surface area contributed by atoms with Crippen LogP contribution in [-0.4, -0.2) is 5.16 Å². The minimum Gasteiger partial charge on any atom is -0.368 e. The van der Waals surface area contributed by atoms with Gasteiger partial charge in [-0.05, 0) is 12.1 Å². The molecule has 15 heavy (non-hydrogen) atoms. The monoisotopic (exact) mass is 230 g/mol. The van der Waals surface area contributed by atoms with Gasteiger partial charge in [-0.1, -0.05) is 16.8 Å². The van der Waals surface area contributed by atoms with Crippen molar-refractivity contribution < 1.29 is 13.3 Å². The van der Waals surface area contributed by atoms with Crippen LogP contribution in [-0.2, 0) is 0 Å². The van der Waals surface area contributed by atoms with E-state index in [-0.39, 0.29) is 22.2 Å². The molecule has 1 aromatic carbocycles. The fraction of sp³-hybridized carbons (Fsp3) is 0. The minimum atomic E-state index is -0.727. The summed E-state index contributed by atoms with van der Waals surface area (Å²) in [5, 5.41) is 3.11. The zero-order valence-corrected chi connectivity index (χ0v) is 8.05. The number of nitrogens with zero attached hydrogens (tertiary/aromatic N) is 1. The summed E-state index contributed by atoms with van der Waals surface area (Å²) in [6.07, 6.45) is 0. The van der Waals surface area contributed by atoms with E-state index < -0.39 is 11.6 Å². The number of anilines is 1. The van der Waals surface area contributed by atoms with Crippen LogP contribution in [0, 0.1) is 11.6 Å². The van der Waals surface area contributed by atoms with Gasteiger partial charge in [-0.3, -0.25) is 0 Å². The quantitative estimate of drug-likeness (QED) is 0.767. The first-order valence-electron chi connectivity index (χ1n) is 3.95. The maximum Gasteiger partial charge on any atom is 0.222 e. The van der Waals surface area contributed by atoms with Gasteiger partial charge in [0, 0.05) is 6.07 Å². The van der Waals surface area contributed by atoms with Crippen LogP contribution in [0.1, 0.15) is 0 Å². The van der Waals surface area contributed by atoms with Gasteiger partial charge in [-0.25, -0.2) is 8.78 Å². The van der Waals surface area contributed by atoms with E-state index in [0.29, 0.717) is 0 Å². The van der Waals surface area contributed by atoms with Gasteiger partial charge in [-0.15, -0.1) is 0 Å². The lowest BCUT2D eigenvalue weighted by molar-refractivity contribution is 0.438. The van der Waals surface area contributed by atoms with Crippen molar-refractivity contribution in [3.8, 4) is 11.3 Å². The molecule has 0 radical (unpaired) electrons. The van der Waals surface area contributed by atoms with E-state index in [1.807, 2.05) is 0 Å². The molecule has 0 aliphatic carbocycles. The molecule has 0 unspecified atom stereocenters. The van der Waals surface area contributed by atoms with Gasteiger partial charge in [0.25, 0.3) is 0 Å². The molecule has 78 valence electrons. The second-order valence-corrected chi connectivity index (χ2v) is 3.21. The number of nitrogen functional groups attached to an aromatic ring is 1. The number of aromatic nitrogens is 1. The largest absolute Gasteiger partial charge is 0.368 e. The second kappa shape index (κ2) is 3.51. The Balaban J connectivity index is 2.66. The molecule has 0 atom stereocenters. The highest BCUT2D eigenvalue weighted by atomic mass is 35.5. The summed E-state index contributed by atoms with van der Waals surface area (Å²) in [4.78, 5) is 0.